The van der Waals surface area contributed by atoms with Gasteiger partial charge in [-0.25, -0.2) is 4.42 Å². The molecule has 47 heavy (non-hydrogen) atoms. The predicted octanol–water partition coefficient (Wildman–Crippen LogP) is 7.80. The highest BCUT2D eigenvalue weighted by Gasteiger charge is 2.31. The van der Waals surface area contributed by atoms with Crippen LogP contribution in [0.3, 0.4) is 0 Å². The van der Waals surface area contributed by atoms with E-state index in [9.17, 15) is 0 Å². The first-order chi connectivity index (χ1) is 22.9. The molecule has 238 valence electrons. The molecule has 0 spiro atoms. The van der Waals surface area contributed by atoms with Crippen LogP contribution in [0.5, 0.6) is 23.0 Å². The Balaban J connectivity index is 1.54. The molecule has 0 radical (unpaired) electrons. The highest BCUT2D eigenvalue weighted by molar-refractivity contribution is 6.01. The minimum Gasteiger partial charge on any atom is -0.493 e. The van der Waals surface area contributed by atoms with E-state index in [2.05, 4.69) is 77.7 Å². The standard InChI is InChI=1S/C40H39N2O5/c1-42-16-17-47-40(42)34-25-37(44-3)36(43-2)23-31(34)22-35(41)32-21-33(39(46-5)38(24-32)45-4)30-19-28(26-12-8-6-9-13-26)18-29(20-30)27-14-10-7-11-15-27/h6-15,18-25H,16-17,41H2,1-5H3/q+1/b35-22-. The van der Waals surface area contributed by atoms with Gasteiger partial charge in [0.15, 0.2) is 23.0 Å². The van der Waals surface area contributed by atoms with Crippen LogP contribution in [-0.2, 0) is 0 Å². The fourth-order valence-electron chi connectivity index (χ4n) is 5.95. The summed E-state index contributed by atoms with van der Waals surface area (Å²) in [6, 6.07) is 35.1. The van der Waals surface area contributed by atoms with Crippen LogP contribution < -0.4 is 24.7 Å². The normalized spacial score (nSPS) is 12.9. The van der Waals surface area contributed by atoms with Crippen molar-refractivity contribution < 1.29 is 23.4 Å². The van der Waals surface area contributed by atoms with Crippen molar-refractivity contribution in [3.8, 4) is 56.4 Å². The van der Waals surface area contributed by atoms with E-state index in [1.165, 1.54) is 0 Å². The van der Waals surface area contributed by atoms with Gasteiger partial charge in [-0.15, -0.1) is 0 Å². The average molecular weight is 628 g/mol. The van der Waals surface area contributed by atoms with E-state index in [1.54, 1.807) is 28.4 Å². The Bertz CT molecular complexity index is 1890. The number of nitrogens with zero attached hydrogens (tertiary/aromatic N) is 1. The van der Waals surface area contributed by atoms with Gasteiger partial charge in [-0.05, 0) is 75.9 Å². The van der Waals surface area contributed by atoms with Crippen molar-refractivity contribution in [2.24, 2.45) is 5.73 Å². The monoisotopic (exact) mass is 627 g/mol. The Morgan fingerprint density at radius 3 is 1.74 bits per heavy atom. The lowest BCUT2D eigenvalue weighted by Gasteiger charge is -2.18. The van der Waals surface area contributed by atoms with Gasteiger partial charge in [-0.1, -0.05) is 60.7 Å². The molecule has 0 saturated carbocycles. The topological polar surface area (TPSA) is 77.5 Å². The zero-order chi connectivity index (χ0) is 32.9. The summed E-state index contributed by atoms with van der Waals surface area (Å²) in [4.78, 5) is 2.08. The molecular weight excluding hydrogens is 588 g/mol. The van der Waals surface area contributed by atoms with Crippen LogP contribution in [0.4, 0.5) is 0 Å². The molecule has 0 bridgehead atoms. The van der Waals surface area contributed by atoms with Crippen molar-refractivity contribution in [1.29, 1.82) is 0 Å². The van der Waals surface area contributed by atoms with Crippen LogP contribution in [0.25, 0.3) is 45.2 Å². The Hall–Kier alpha value is -5.69. The maximum atomic E-state index is 6.92. The van der Waals surface area contributed by atoms with Crippen LogP contribution in [0.2, 0.25) is 0 Å². The van der Waals surface area contributed by atoms with Crippen LogP contribution in [0.15, 0.2) is 103 Å². The summed E-state index contributed by atoms with van der Waals surface area (Å²) in [5.74, 6) is 3.15. The summed E-state index contributed by atoms with van der Waals surface area (Å²) in [5.41, 5.74) is 16.2. The first-order valence-corrected chi connectivity index (χ1v) is 15.4. The fourth-order valence-corrected chi connectivity index (χ4v) is 5.95. The van der Waals surface area contributed by atoms with Crippen molar-refractivity contribution in [1.82, 2.24) is 4.90 Å². The van der Waals surface area contributed by atoms with Gasteiger partial charge >= 0.3 is 5.91 Å². The number of methoxy groups -OCH3 is 4. The van der Waals surface area contributed by atoms with Crippen molar-refractivity contribution in [3.05, 3.63) is 120 Å². The molecule has 1 aliphatic heterocycles. The Kier molecular flexibility index (Phi) is 9.16. The third-order valence-corrected chi connectivity index (χ3v) is 8.38. The fraction of sp³-hybridized carbons (Fsp3) is 0.175. The van der Waals surface area contributed by atoms with Crippen LogP contribution >= 0.6 is 0 Å². The Labute approximate surface area is 276 Å². The van der Waals surface area contributed by atoms with Gasteiger partial charge in [-0.3, -0.25) is 4.90 Å². The lowest BCUT2D eigenvalue weighted by Crippen LogP contribution is -2.24. The number of hydrogen-bond acceptors (Lipinski definition) is 6. The third kappa shape index (κ3) is 6.38. The second-order valence-corrected chi connectivity index (χ2v) is 11.3. The van der Waals surface area contributed by atoms with E-state index in [0.717, 1.165) is 62.5 Å². The Morgan fingerprint density at radius 1 is 0.638 bits per heavy atom. The summed E-state index contributed by atoms with van der Waals surface area (Å²) < 4.78 is 29.2. The molecule has 2 N–H and O–H groups in total. The highest BCUT2D eigenvalue weighted by atomic mass is 16.5. The summed E-state index contributed by atoms with van der Waals surface area (Å²) in [5, 5.41) is 0. The molecule has 0 amide bonds. The first kappa shape index (κ1) is 31.3. The largest absolute Gasteiger partial charge is 0.493 e. The van der Waals surface area contributed by atoms with Crippen molar-refractivity contribution in [2.45, 2.75) is 0 Å². The van der Waals surface area contributed by atoms with Gasteiger partial charge < -0.3 is 24.7 Å². The van der Waals surface area contributed by atoms with E-state index in [4.69, 9.17) is 29.1 Å². The van der Waals surface area contributed by atoms with Crippen LogP contribution in [-0.4, -0.2) is 59.4 Å². The molecule has 6 rings (SSSR count). The zero-order valence-electron chi connectivity index (χ0n) is 27.4. The Morgan fingerprint density at radius 2 is 1.21 bits per heavy atom. The lowest BCUT2D eigenvalue weighted by molar-refractivity contribution is -0.253. The van der Waals surface area contributed by atoms with Gasteiger partial charge in [0, 0.05) is 29.9 Å². The van der Waals surface area contributed by atoms with Crippen molar-refractivity contribution in [3.63, 3.8) is 0 Å². The average Bonchev–Trinajstić information content (AvgIpc) is 3.56. The lowest BCUT2D eigenvalue weighted by atomic mass is 9.91. The predicted molar refractivity (Wildman–Crippen MR) is 189 cm³/mol. The SMILES string of the molecule is COc1cc(/C=C(\N)c2cc(OC)c(OC)c(-c3cc(-c4ccccc4)cc(-c4ccccc4)c3)c2)c(C2=[O+]CCN2C)cc1OC. The second kappa shape index (κ2) is 13.7. The number of amides is 1. The number of benzene rings is 5. The zero-order valence-corrected chi connectivity index (χ0v) is 27.4. The molecule has 0 saturated heterocycles. The van der Waals surface area contributed by atoms with Gasteiger partial charge in [-0.2, -0.15) is 0 Å². The van der Waals surface area contributed by atoms with Crippen LogP contribution in [0.1, 0.15) is 21.1 Å². The van der Waals surface area contributed by atoms with E-state index in [1.807, 2.05) is 43.5 Å². The van der Waals surface area contributed by atoms with Crippen LogP contribution in [0, 0.1) is 0 Å². The molecule has 0 fully saturated rings. The maximum absolute atomic E-state index is 6.92. The van der Waals surface area contributed by atoms with Gasteiger partial charge in [0.1, 0.15) is 12.1 Å². The van der Waals surface area contributed by atoms with E-state index in [-0.39, 0.29) is 0 Å². The molecule has 1 aliphatic rings. The molecule has 7 heteroatoms. The summed E-state index contributed by atoms with van der Waals surface area (Å²) in [7, 11) is 8.54. The smallest absolute Gasteiger partial charge is 0.429 e. The molecule has 5 aromatic rings. The number of likely N-dealkylation sites (N-methyl/N-ethyl adjacent to an activating group) is 1. The maximum Gasteiger partial charge on any atom is 0.429 e. The van der Waals surface area contributed by atoms with Crippen molar-refractivity contribution >= 4 is 17.7 Å². The second-order valence-electron chi connectivity index (χ2n) is 11.3. The van der Waals surface area contributed by atoms with E-state index in [0.29, 0.717) is 35.3 Å². The summed E-state index contributed by atoms with van der Waals surface area (Å²) >= 11 is 0. The molecule has 0 aliphatic carbocycles. The number of nitrogens with two attached hydrogens (primary N) is 1. The van der Waals surface area contributed by atoms with E-state index >= 15 is 0 Å². The van der Waals surface area contributed by atoms with Gasteiger partial charge in [0.25, 0.3) is 6.61 Å². The quantitative estimate of drug-likeness (QED) is 0.126. The minimum absolute atomic E-state index is 0.532. The third-order valence-electron chi connectivity index (χ3n) is 8.38. The molecule has 1 heterocycles. The first-order valence-electron chi connectivity index (χ1n) is 15.4. The van der Waals surface area contributed by atoms with E-state index < -0.39 is 0 Å². The van der Waals surface area contributed by atoms with Gasteiger partial charge in [0.05, 0.1) is 28.4 Å². The number of rotatable bonds is 10. The highest BCUT2D eigenvalue weighted by Crippen LogP contribution is 2.43. The molecule has 0 atom stereocenters. The number of hydrogen-bond donors (Lipinski definition) is 1. The molecule has 0 unspecified atom stereocenters. The number of carbonyl (C=O) groups excluding carboxylic acids is 1. The van der Waals surface area contributed by atoms with Crippen molar-refractivity contribution in [2.75, 3.05) is 48.6 Å². The molecule has 0 aromatic heterocycles. The summed E-state index contributed by atoms with van der Waals surface area (Å²) in [6.07, 6.45) is 1.93. The molecular formula is C40H39N2O5+. The summed E-state index contributed by atoms with van der Waals surface area (Å²) in [6.45, 7) is 1.39. The number of ether oxygens (including phenoxy) is 4. The molecule has 5 aromatic carbocycles. The van der Waals surface area contributed by atoms with Gasteiger partial charge in [0.2, 0.25) is 0 Å². The molecule has 7 nitrogen and oxygen atoms in total. The minimum atomic E-state index is 0.532.